The summed E-state index contributed by atoms with van der Waals surface area (Å²) in [6.07, 6.45) is 1.33. The number of methoxy groups -OCH3 is 1. The summed E-state index contributed by atoms with van der Waals surface area (Å²) >= 11 is 11.7. The Bertz CT molecular complexity index is 1400. The number of rotatable bonds is 8. The minimum atomic E-state index is -0.799. The number of thiocarbonyl (C=S) groups is 1. The fraction of sp³-hybridized carbons (Fsp3) is 0.241. The molecule has 2 aliphatic rings. The molecule has 0 saturated carbocycles. The van der Waals surface area contributed by atoms with E-state index < -0.39 is 6.04 Å². The number of nitrogens with one attached hydrogen (secondary N) is 1. The van der Waals surface area contributed by atoms with Crippen LogP contribution in [0.3, 0.4) is 0 Å². The molecule has 2 aliphatic heterocycles. The van der Waals surface area contributed by atoms with Gasteiger partial charge in [-0.05, 0) is 84.9 Å². The van der Waals surface area contributed by atoms with Crippen LogP contribution in [0.5, 0.6) is 5.75 Å². The molecule has 3 amide bonds. The Hall–Kier alpha value is -3.95. The molecule has 2 heterocycles. The number of carbonyl (C=O) groups is 3. The number of amides is 3. The van der Waals surface area contributed by atoms with Crippen LogP contribution in [0.15, 0.2) is 72.8 Å². The number of carbonyl (C=O) groups excluding carboxylic acids is 3. The van der Waals surface area contributed by atoms with Gasteiger partial charge in [0, 0.05) is 35.9 Å². The Balaban J connectivity index is 1.38. The fourth-order valence-corrected chi connectivity index (χ4v) is 5.32. The molecule has 0 aliphatic carbocycles. The minimum Gasteiger partial charge on any atom is -0.497 e. The van der Waals surface area contributed by atoms with Gasteiger partial charge in [0.1, 0.15) is 11.8 Å². The summed E-state index contributed by atoms with van der Waals surface area (Å²) in [7, 11) is 1.57. The molecule has 5 rings (SSSR count). The first kappa shape index (κ1) is 26.6. The number of benzene rings is 3. The summed E-state index contributed by atoms with van der Waals surface area (Å²) in [5.74, 6) is 0.179. The summed E-state index contributed by atoms with van der Waals surface area (Å²) in [4.78, 5) is 43.9. The highest BCUT2D eigenvalue weighted by atomic mass is 35.5. The molecule has 2 saturated heterocycles. The average molecular weight is 563 g/mol. The van der Waals surface area contributed by atoms with E-state index in [4.69, 9.17) is 28.6 Å². The second kappa shape index (κ2) is 11.4. The van der Waals surface area contributed by atoms with E-state index >= 15 is 0 Å². The van der Waals surface area contributed by atoms with Crippen LogP contribution in [0.2, 0.25) is 5.02 Å². The highest BCUT2D eigenvalue weighted by molar-refractivity contribution is 7.80. The zero-order valence-electron chi connectivity index (χ0n) is 21.3. The molecular formula is C29H27ClN4O4S. The van der Waals surface area contributed by atoms with Crippen molar-refractivity contribution in [2.75, 3.05) is 28.8 Å². The molecule has 1 atom stereocenters. The number of anilines is 3. The monoisotopic (exact) mass is 562 g/mol. The lowest BCUT2D eigenvalue weighted by Crippen LogP contribution is -2.37. The van der Waals surface area contributed by atoms with Gasteiger partial charge in [0.2, 0.25) is 11.8 Å². The number of nitrogens with zero attached hydrogens (tertiary/aromatic N) is 3. The van der Waals surface area contributed by atoms with Crippen molar-refractivity contribution >= 4 is 63.7 Å². The third-order valence-corrected chi connectivity index (χ3v) is 7.50. The summed E-state index contributed by atoms with van der Waals surface area (Å²) in [6, 6.07) is 20.7. The van der Waals surface area contributed by atoms with Crippen molar-refractivity contribution in [3.8, 4) is 5.75 Å². The van der Waals surface area contributed by atoms with Crippen molar-refractivity contribution in [1.82, 2.24) is 4.90 Å². The van der Waals surface area contributed by atoms with Crippen LogP contribution >= 0.6 is 23.8 Å². The highest BCUT2D eigenvalue weighted by Crippen LogP contribution is 2.31. The summed E-state index contributed by atoms with van der Waals surface area (Å²) in [5, 5.41) is 3.71. The summed E-state index contributed by atoms with van der Waals surface area (Å²) in [5.41, 5.74) is 2.93. The number of halogens is 1. The van der Waals surface area contributed by atoms with Crippen molar-refractivity contribution in [3.63, 3.8) is 0 Å². The van der Waals surface area contributed by atoms with Gasteiger partial charge >= 0.3 is 0 Å². The van der Waals surface area contributed by atoms with Gasteiger partial charge in [0.05, 0.1) is 19.2 Å². The maximum atomic E-state index is 13.7. The lowest BCUT2D eigenvalue weighted by atomic mass is 10.1. The average Bonchev–Trinajstić information content (AvgIpc) is 3.46. The SMILES string of the molecule is COc1ccc(N2C(=O)[C@H](CC(=O)Nc3ccc(Cl)cc3)N(Cc3ccc(N4CCCC4=O)cc3)C2=S)cc1. The van der Waals surface area contributed by atoms with E-state index in [1.165, 1.54) is 4.90 Å². The normalized spacial score (nSPS) is 17.2. The van der Waals surface area contributed by atoms with Gasteiger partial charge in [-0.1, -0.05) is 23.7 Å². The molecule has 1 N–H and O–H groups in total. The first-order chi connectivity index (χ1) is 18.8. The van der Waals surface area contributed by atoms with Gasteiger partial charge in [-0.2, -0.15) is 0 Å². The Morgan fingerprint density at radius 3 is 2.28 bits per heavy atom. The van der Waals surface area contributed by atoms with Gasteiger partial charge < -0.3 is 19.9 Å². The van der Waals surface area contributed by atoms with E-state index in [1.54, 1.807) is 65.4 Å². The predicted octanol–water partition coefficient (Wildman–Crippen LogP) is 5.01. The highest BCUT2D eigenvalue weighted by Gasteiger charge is 2.44. The van der Waals surface area contributed by atoms with Gasteiger partial charge in [-0.3, -0.25) is 19.3 Å². The van der Waals surface area contributed by atoms with Crippen molar-refractivity contribution in [2.24, 2.45) is 0 Å². The molecule has 8 nitrogen and oxygen atoms in total. The third-order valence-electron chi connectivity index (χ3n) is 6.83. The zero-order valence-corrected chi connectivity index (χ0v) is 22.9. The van der Waals surface area contributed by atoms with E-state index in [9.17, 15) is 14.4 Å². The largest absolute Gasteiger partial charge is 0.497 e. The third kappa shape index (κ3) is 5.74. The summed E-state index contributed by atoms with van der Waals surface area (Å²) in [6.45, 7) is 1.04. The zero-order chi connectivity index (χ0) is 27.5. The van der Waals surface area contributed by atoms with Crippen molar-refractivity contribution in [3.05, 3.63) is 83.4 Å². The van der Waals surface area contributed by atoms with Crippen LogP contribution in [0.25, 0.3) is 0 Å². The van der Waals surface area contributed by atoms with Gasteiger partial charge in [-0.25, -0.2) is 0 Å². The van der Waals surface area contributed by atoms with E-state index in [0.717, 1.165) is 17.7 Å². The molecule has 0 aromatic heterocycles. The molecular weight excluding hydrogens is 536 g/mol. The van der Waals surface area contributed by atoms with E-state index in [-0.39, 0.29) is 24.1 Å². The Morgan fingerprint density at radius 1 is 1.00 bits per heavy atom. The molecule has 0 unspecified atom stereocenters. The van der Waals surface area contributed by atoms with Gasteiger partial charge in [0.25, 0.3) is 5.91 Å². The number of hydrogen-bond acceptors (Lipinski definition) is 5. The smallest absolute Gasteiger partial charge is 0.256 e. The Morgan fingerprint density at radius 2 is 1.67 bits per heavy atom. The van der Waals surface area contributed by atoms with Crippen LogP contribution in [0.1, 0.15) is 24.8 Å². The minimum absolute atomic E-state index is 0.0887. The first-order valence-corrected chi connectivity index (χ1v) is 13.4. The molecule has 10 heteroatoms. The lowest BCUT2D eigenvalue weighted by molar-refractivity contribution is -0.124. The fourth-order valence-electron chi connectivity index (χ4n) is 4.80. The molecule has 0 radical (unpaired) electrons. The van der Waals surface area contributed by atoms with E-state index in [2.05, 4.69) is 5.32 Å². The molecule has 3 aromatic carbocycles. The molecule has 39 heavy (non-hydrogen) atoms. The van der Waals surface area contributed by atoms with E-state index in [1.807, 2.05) is 24.3 Å². The molecule has 0 spiro atoms. The van der Waals surface area contributed by atoms with Crippen LogP contribution in [0, 0.1) is 0 Å². The second-order valence-electron chi connectivity index (χ2n) is 9.37. The first-order valence-electron chi connectivity index (χ1n) is 12.6. The van der Waals surface area contributed by atoms with Gasteiger partial charge in [-0.15, -0.1) is 0 Å². The van der Waals surface area contributed by atoms with E-state index in [0.29, 0.717) is 46.8 Å². The van der Waals surface area contributed by atoms with Crippen molar-refractivity contribution < 1.29 is 19.1 Å². The quantitative estimate of drug-likeness (QED) is 0.389. The molecule has 0 bridgehead atoms. The van der Waals surface area contributed by atoms with Crippen LogP contribution in [-0.2, 0) is 20.9 Å². The van der Waals surface area contributed by atoms with Crippen molar-refractivity contribution in [2.45, 2.75) is 31.8 Å². The molecule has 2 fully saturated rings. The molecule has 200 valence electrons. The van der Waals surface area contributed by atoms with Crippen LogP contribution in [0.4, 0.5) is 17.1 Å². The Labute approximate surface area is 237 Å². The Kier molecular flexibility index (Phi) is 7.81. The standard InChI is InChI=1S/C29H27ClN4O4S/c1-38-24-14-12-23(13-15-24)34-28(37)25(17-26(35)31-21-8-6-20(30)7-9-21)33(29(34)39)18-19-4-10-22(11-5-19)32-16-2-3-27(32)36/h4-15,25H,2-3,16-18H2,1H3,(H,31,35)/t25-/m0/s1. The van der Waals surface area contributed by atoms with Crippen molar-refractivity contribution in [1.29, 1.82) is 0 Å². The number of hydrogen-bond donors (Lipinski definition) is 1. The maximum absolute atomic E-state index is 13.7. The maximum Gasteiger partial charge on any atom is 0.256 e. The lowest BCUT2D eigenvalue weighted by Gasteiger charge is -2.24. The van der Waals surface area contributed by atoms with Crippen LogP contribution in [-0.4, -0.2) is 47.4 Å². The number of ether oxygens (including phenoxy) is 1. The molecule has 3 aromatic rings. The van der Waals surface area contributed by atoms with Crippen LogP contribution < -0.4 is 19.9 Å². The summed E-state index contributed by atoms with van der Waals surface area (Å²) < 4.78 is 5.24. The topological polar surface area (TPSA) is 82.2 Å². The van der Waals surface area contributed by atoms with Gasteiger partial charge in [0.15, 0.2) is 5.11 Å². The second-order valence-corrected chi connectivity index (χ2v) is 10.2. The predicted molar refractivity (Wildman–Crippen MR) is 155 cm³/mol.